The van der Waals surface area contributed by atoms with Crippen LogP contribution in [0.15, 0.2) is 42.5 Å². The molecule has 4 rings (SSSR count). The van der Waals surface area contributed by atoms with Crippen LogP contribution in [0.1, 0.15) is 30.1 Å². The minimum Gasteiger partial charge on any atom is -0.481 e. The highest BCUT2D eigenvalue weighted by atomic mass is 35.5. The zero-order chi connectivity index (χ0) is 20.5. The average molecular weight is 414 g/mol. The molecule has 2 aromatic carbocycles. The molecule has 3 aromatic rings. The summed E-state index contributed by atoms with van der Waals surface area (Å²) in [6.45, 7) is 0. The Labute approximate surface area is 173 Å². The molecule has 0 spiro atoms. The Morgan fingerprint density at radius 1 is 1.28 bits per heavy atom. The van der Waals surface area contributed by atoms with E-state index in [-0.39, 0.29) is 17.1 Å². The standard InChI is InChI=1S/C22H21ClFN3O2/c1-27(22(28)25-13-10-11-17(24)16(23)12-13)19-9-5-8-18-20(19)14-6-3-4-7-15(14)21(26-18)29-2/h3-4,6-7,10-12,19H,5,8-9H2,1-2H3,(H,25,28)/t19-/m1/s1. The molecule has 1 atom stereocenters. The van der Waals surface area contributed by atoms with Crippen molar-refractivity contribution >= 4 is 34.1 Å². The summed E-state index contributed by atoms with van der Waals surface area (Å²) in [5, 5.41) is 4.74. The van der Waals surface area contributed by atoms with Gasteiger partial charge >= 0.3 is 6.03 Å². The first-order valence-electron chi connectivity index (χ1n) is 9.44. The summed E-state index contributed by atoms with van der Waals surface area (Å²) < 4.78 is 18.9. The number of fused-ring (bicyclic) bond motifs is 3. The third-order valence-electron chi connectivity index (χ3n) is 5.37. The molecule has 0 saturated carbocycles. The molecule has 0 bridgehead atoms. The van der Waals surface area contributed by atoms with Gasteiger partial charge in [-0.15, -0.1) is 0 Å². The Hall–Kier alpha value is -2.86. The van der Waals surface area contributed by atoms with Gasteiger partial charge in [0.15, 0.2) is 0 Å². The van der Waals surface area contributed by atoms with Crippen molar-refractivity contribution in [2.24, 2.45) is 0 Å². The average Bonchev–Trinajstić information content (AvgIpc) is 2.74. The Bertz CT molecular complexity index is 1090. The third kappa shape index (κ3) is 3.60. The number of anilines is 1. The fraction of sp³-hybridized carbons (Fsp3) is 0.273. The quantitative estimate of drug-likeness (QED) is 0.610. The van der Waals surface area contributed by atoms with E-state index in [1.165, 1.54) is 18.2 Å². The van der Waals surface area contributed by atoms with E-state index in [9.17, 15) is 9.18 Å². The Kier molecular flexibility index (Phi) is 5.28. The van der Waals surface area contributed by atoms with Crippen LogP contribution in [0.25, 0.3) is 10.8 Å². The van der Waals surface area contributed by atoms with E-state index >= 15 is 0 Å². The number of halogens is 2. The molecule has 5 nitrogen and oxygen atoms in total. The monoisotopic (exact) mass is 413 g/mol. The van der Waals surface area contributed by atoms with Crippen molar-refractivity contribution in [2.45, 2.75) is 25.3 Å². The number of nitrogens with zero attached hydrogens (tertiary/aromatic N) is 2. The second kappa shape index (κ2) is 7.87. The van der Waals surface area contributed by atoms with Gasteiger partial charge < -0.3 is 15.0 Å². The van der Waals surface area contributed by atoms with Gasteiger partial charge in [0.1, 0.15) is 5.82 Å². The predicted octanol–water partition coefficient (Wildman–Crippen LogP) is 5.58. The summed E-state index contributed by atoms with van der Waals surface area (Å²) in [7, 11) is 3.38. The second-order valence-electron chi connectivity index (χ2n) is 7.11. The summed E-state index contributed by atoms with van der Waals surface area (Å²) in [4.78, 5) is 19.3. The molecule has 0 fully saturated rings. The van der Waals surface area contributed by atoms with Gasteiger partial charge in [0, 0.05) is 23.7 Å². The maximum absolute atomic E-state index is 13.4. The summed E-state index contributed by atoms with van der Waals surface area (Å²) in [6.07, 6.45) is 2.60. The molecule has 1 aliphatic carbocycles. The number of rotatable bonds is 3. The van der Waals surface area contributed by atoms with Crippen LogP contribution in [0.5, 0.6) is 5.88 Å². The number of hydrogen-bond donors (Lipinski definition) is 1. The molecule has 2 amide bonds. The zero-order valence-corrected chi connectivity index (χ0v) is 17.0. The first-order valence-corrected chi connectivity index (χ1v) is 9.81. The maximum Gasteiger partial charge on any atom is 0.322 e. The topological polar surface area (TPSA) is 54.5 Å². The number of nitrogens with one attached hydrogen (secondary N) is 1. The number of aromatic nitrogens is 1. The summed E-state index contributed by atoms with van der Waals surface area (Å²) in [6, 6.07) is 11.7. The van der Waals surface area contributed by atoms with Crippen molar-refractivity contribution in [3.8, 4) is 5.88 Å². The summed E-state index contributed by atoms with van der Waals surface area (Å²) in [5.41, 5.74) is 2.46. The van der Waals surface area contributed by atoms with Crippen molar-refractivity contribution in [3.63, 3.8) is 0 Å². The van der Waals surface area contributed by atoms with E-state index in [1.54, 1.807) is 19.1 Å². The third-order valence-corrected chi connectivity index (χ3v) is 5.66. The predicted molar refractivity (Wildman–Crippen MR) is 112 cm³/mol. The lowest BCUT2D eigenvalue weighted by molar-refractivity contribution is 0.197. The maximum atomic E-state index is 13.4. The summed E-state index contributed by atoms with van der Waals surface area (Å²) >= 11 is 5.83. The number of benzene rings is 2. The normalized spacial score (nSPS) is 15.7. The molecule has 0 unspecified atom stereocenters. The van der Waals surface area contributed by atoms with Crippen molar-refractivity contribution < 1.29 is 13.9 Å². The molecule has 0 radical (unpaired) electrons. The largest absolute Gasteiger partial charge is 0.481 e. The number of hydrogen-bond acceptors (Lipinski definition) is 3. The highest BCUT2D eigenvalue weighted by Crippen LogP contribution is 2.40. The zero-order valence-electron chi connectivity index (χ0n) is 16.2. The number of amides is 2. The minimum atomic E-state index is -0.522. The van der Waals surface area contributed by atoms with E-state index in [4.69, 9.17) is 21.3 Å². The van der Waals surface area contributed by atoms with Crippen molar-refractivity contribution in [1.29, 1.82) is 0 Å². The molecule has 29 heavy (non-hydrogen) atoms. The number of methoxy groups -OCH3 is 1. The first kappa shape index (κ1) is 19.5. The van der Waals surface area contributed by atoms with E-state index < -0.39 is 5.82 Å². The van der Waals surface area contributed by atoms with Gasteiger partial charge in [-0.25, -0.2) is 14.2 Å². The molecule has 1 aliphatic rings. The first-order chi connectivity index (χ1) is 14.0. The van der Waals surface area contributed by atoms with Crippen LogP contribution in [-0.4, -0.2) is 30.1 Å². The molecule has 1 heterocycles. The van der Waals surface area contributed by atoms with Crippen LogP contribution < -0.4 is 10.1 Å². The van der Waals surface area contributed by atoms with Crippen molar-refractivity contribution in [2.75, 3.05) is 19.5 Å². The smallest absolute Gasteiger partial charge is 0.322 e. The van der Waals surface area contributed by atoms with Gasteiger partial charge in [0.05, 0.1) is 23.9 Å². The molecular weight excluding hydrogens is 393 g/mol. The van der Waals surface area contributed by atoms with Crippen LogP contribution in [0.4, 0.5) is 14.9 Å². The Morgan fingerprint density at radius 2 is 2.03 bits per heavy atom. The Morgan fingerprint density at radius 3 is 2.76 bits per heavy atom. The fourth-order valence-electron chi connectivity index (χ4n) is 3.94. The van der Waals surface area contributed by atoms with Crippen LogP contribution in [-0.2, 0) is 6.42 Å². The van der Waals surface area contributed by atoms with E-state index in [0.717, 1.165) is 41.3 Å². The fourth-order valence-corrected chi connectivity index (χ4v) is 4.12. The number of pyridine rings is 1. The number of carbonyl (C=O) groups excluding carboxylic acids is 1. The number of carbonyl (C=O) groups is 1. The van der Waals surface area contributed by atoms with Gasteiger partial charge in [0.2, 0.25) is 5.88 Å². The lowest BCUT2D eigenvalue weighted by Crippen LogP contribution is -2.36. The number of aryl methyl sites for hydroxylation is 1. The van der Waals surface area contributed by atoms with E-state index in [0.29, 0.717) is 11.6 Å². The van der Waals surface area contributed by atoms with E-state index in [2.05, 4.69) is 5.32 Å². The molecule has 1 N–H and O–H groups in total. The highest BCUT2D eigenvalue weighted by molar-refractivity contribution is 6.31. The van der Waals surface area contributed by atoms with Gasteiger partial charge in [-0.05, 0) is 48.9 Å². The van der Waals surface area contributed by atoms with Gasteiger partial charge in [-0.2, -0.15) is 0 Å². The van der Waals surface area contributed by atoms with Crippen LogP contribution >= 0.6 is 11.6 Å². The summed E-state index contributed by atoms with van der Waals surface area (Å²) in [5.74, 6) is 0.0822. The minimum absolute atomic E-state index is 0.0317. The highest BCUT2D eigenvalue weighted by Gasteiger charge is 2.30. The molecule has 1 aromatic heterocycles. The molecule has 0 aliphatic heterocycles. The lowest BCUT2D eigenvalue weighted by Gasteiger charge is -2.34. The number of urea groups is 1. The van der Waals surface area contributed by atoms with Gasteiger partial charge in [-0.3, -0.25) is 0 Å². The molecule has 150 valence electrons. The van der Waals surface area contributed by atoms with Crippen LogP contribution in [0.3, 0.4) is 0 Å². The molecular formula is C22H21ClFN3O2. The SMILES string of the molecule is COc1nc2c(c3ccccc13)[C@H](N(C)C(=O)Nc1ccc(F)c(Cl)c1)CCC2. The molecule has 7 heteroatoms. The van der Waals surface area contributed by atoms with Gasteiger partial charge in [0.25, 0.3) is 0 Å². The number of ether oxygens (including phenoxy) is 1. The van der Waals surface area contributed by atoms with Crippen molar-refractivity contribution in [1.82, 2.24) is 9.88 Å². The van der Waals surface area contributed by atoms with Crippen LogP contribution in [0, 0.1) is 5.82 Å². The van der Waals surface area contributed by atoms with Crippen molar-refractivity contribution in [3.05, 3.63) is 64.6 Å². The van der Waals surface area contributed by atoms with E-state index in [1.807, 2.05) is 24.3 Å². The lowest BCUT2D eigenvalue weighted by atomic mass is 9.87. The second-order valence-corrected chi connectivity index (χ2v) is 7.51. The van der Waals surface area contributed by atoms with Crippen LogP contribution in [0.2, 0.25) is 5.02 Å². The molecule has 0 saturated heterocycles. The van der Waals surface area contributed by atoms with Gasteiger partial charge in [-0.1, -0.05) is 29.8 Å². The Balaban J connectivity index is 1.69.